The molecule has 1 aromatic heterocycles. The Kier molecular flexibility index (Phi) is 2.97. The first-order valence-electron chi connectivity index (χ1n) is 5.26. The third kappa shape index (κ3) is 2.15. The Morgan fingerprint density at radius 3 is 3.07 bits per heavy atom. The minimum Gasteiger partial charge on any atom is -0.320 e. The highest BCUT2D eigenvalue weighted by atomic mass is 16.2. The summed E-state index contributed by atoms with van der Waals surface area (Å²) in [5, 5.41) is 0. The van der Waals surface area contributed by atoms with Crippen LogP contribution in [0.5, 0.6) is 0 Å². The molecule has 0 spiro atoms. The Bertz CT molecular complexity index is 339. The highest BCUT2D eigenvalue weighted by molar-refractivity contribution is 5.97. The smallest absolute Gasteiger partial charge is 0.243 e. The quantitative estimate of drug-likeness (QED) is 0.741. The molecule has 1 amide bonds. The SMILES string of the molecule is N[C@@H]1CCCCN(c2cccnc2)C1=O. The number of carbonyl (C=O) groups excluding carboxylic acids is 1. The van der Waals surface area contributed by atoms with Crippen molar-refractivity contribution >= 4 is 11.6 Å². The van der Waals surface area contributed by atoms with Gasteiger partial charge in [-0.05, 0) is 31.4 Å². The van der Waals surface area contributed by atoms with Gasteiger partial charge in [-0.15, -0.1) is 0 Å². The van der Waals surface area contributed by atoms with Gasteiger partial charge >= 0.3 is 0 Å². The molecule has 1 aliphatic rings. The summed E-state index contributed by atoms with van der Waals surface area (Å²) in [6, 6.07) is 3.37. The van der Waals surface area contributed by atoms with Crippen LogP contribution in [0.15, 0.2) is 24.5 Å². The predicted molar refractivity (Wildman–Crippen MR) is 58.4 cm³/mol. The summed E-state index contributed by atoms with van der Waals surface area (Å²) in [7, 11) is 0. The molecule has 0 aliphatic carbocycles. The number of nitrogens with zero attached hydrogens (tertiary/aromatic N) is 2. The molecule has 15 heavy (non-hydrogen) atoms. The highest BCUT2D eigenvalue weighted by Gasteiger charge is 2.24. The summed E-state index contributed by atoms with van der Waals surface area (Å²) in [6.45, 7) is 0.748. The third-order valence-corrected chi connectivity index (χ3v) is 2.69. The maximum Gasteiger partial charge on any atom is 0.243 e. The van der Waals surface area contributed by atoms with E-state index in [1.165, 1.54) is 0 Å². The molecule has 1 aromatic rings. The number of hydrogen-bond donors (Lipinski definition) is 1. The van der Waals surface area contributed by atoms with Crippen LogP contribution in [0.3, 0.4) is 0 Å². The molecule has 4 nitrogen and oxygen atoms in total. The van der Waals surface area contributed by atoms with Crippen molar-refractivity contribution in [1.82, 2.24) is 4.98 Å². The molecule has 2 heterocycles. The van der Waals surface area contributed by atoms with E-state index in [1.54, 1.807) is 17.3 Å². The maximum absolute atomic E-state index is 11.9. The molecule has 1 saturated heterocycles. The number of rotatable bonds is 1. The predicted octanol–water partition coefficient (Wildman–Crippen LogP) is 0.926. The van der Waals surface area contributed by atoms with E-state index in [0.717, 1.165) is 31.5 Å². The van der Waals surface area contributed by atoms with E-state index in [-0.39, 0.29) is 11.9 Å². The molecular weight excluding hydrogens is 190 g/mol. The molecule has 0 radical (unpaired) electrons. The van der Waals surface area contributed by atoms with Gasteiger partial charge in [0, 0.05) is 12.7 Å². The number of nitrogens with two attached hydrogens (primary N) is 1. The van der Waals surface area contributed by atoms with Gasteiger partial charge in [-0.2, -0.15) is 0 Å². The van der Waals surface area contributed by atoms with E-state index >= 15 is 0 Å². The number of aromatic nitrogens is 1. The van der Waals surface area contributed by atoms with Crippen LogP contribution in [0.4, 0.5) is 5.69 Å². The fraction of sp³-hybridized carbons (Fsp3) is 0.455. The second-order valence-corrected chi connectivity index (χ2v) is 3.80. The van der Waals surface area contributed by atoms with Gasteiger partial charge in [0.05, 0.1) is 17.9 Å². The van der Waals surface area contributed by atoms with Crippen LogP contribution in [0.25, 0.3) is 0 Å². The fourth-order valence-electron chi connectivity index (χ4n) is 1.84. The lowest BCUT2D eigenvalue weighted by molar-refractivity contribution is -0.119. The van der Waals surface area contributed by atoms with Crippen molar-refractivity contribution in [2.45, 2.75) is 25.3 Å². The Morgan fingerprint density at radius 2 is 2.33 bits per heavy atom. The summed E-state index contributed by atoms with van der Waals surface area (Å²) in [5.41, 5.74) is 6.64. The second-order valence-electron chi connectivity index (χ2n) is 3.80. The average molecular weight is 205 g/mol. The summed E-state index contributed by atoms with van der Waals surface area (Å²) in [4.78, 5) is 17.7. The highest BCUT2D eigenvalue weighted by Crippen LogP contribution is 2.18. The summed E-state index contributed by atoms with van der Waals surface area (Å²) >= 11 is 0. The Hall–Kier alpha value is -1.42. The first-order chi connectivity index (χ1) is 7.29. The second kappa shape index (κ2) is 4.40. The zero-order chi connectivity index (χ0) is 10.7. The van der Waals surface area contributed by atoms with Crippen molar-refractivity contribution < 1.29 is 4.79 Å². The van der Waals surface area contributed by atoms with Crippen molar-refractivity contribution in [2.75, 3.05) is 11.4 Å². The third-order valence-electron chi connectivity index (χ3n) is 2.69. The van der Waals surface area contributed by atoms with E-state index in [2.05, 4.69) is 4.98 Å². The molecule has 0 unspecified atom stereocenters. The van der Waals surface area contributed by atoms with Gasteiger partial charge in [-0.3, -0.25) is 9.78 Å². The molecule has 1 atom stereocenters. The molecule has 2 N–H and O–H groups in total. The average Bonchev–Trinajstić information content (AvgIpc) is 2.44. The number of hydrogen-bond acceptors (Lipinski definition) is 3. The van der Waals surface area contributed by atoms with E-state index < -0.39 is 0 Å². The zero-order valence-electron chi connectivity index (χ0n) is 8.60. The largest absolute Gasteiger partial charge is 0.320 e. The van der Waals surface area contributed by atoms with Gasteiger partial charge in [-0.1, -0.05) is 0 Å². The van der Waals surface area contributed by atoms with Gasteiger partial charge in [0.15, 0.2) is 0 Å². The molecule has 4 heteroatoms. The first-order valence-corrected chi connectivity index (χ1v) is 5.26. The number of pyridine rings is 1. The zero-order valence-corrected chi connectivity index (χ0v) is 8.60. The number of amides is 1. The number of carbonyl (C=O) groups is 1. The summed E-state index contributed by atoms with van der Waals surface area (Å²) < 4.78 is 0. The minimum absolute atomic E-state index is 0.0144. The Labute approximate surface area is 89.1 Å². The lowest BCUT2D eigenvalue weighted by atomic mass is 10.1. The lowest BCUT2D eigenvalue weighted by Crippen LogP contribution is -2.42. The normalized spacial score (nSPS) is 22.6. The Morgan fingerprint density at radius 1 is 1.47 bits per heavy atom. The minimum atomic E-state index is -0.354. The molecule has 80 valence electrons. The standard InChI is InChI=1S/C11H15N3O/c12-10-5-1-2-7-14(11(10)15)9-4-3-6-13-8-9/h3-4,6,8,10H,1-2,5,7,12H2/t10-/m1/s1. The van der Waals surface area contributed by atoms with Crippen molar-refractivity contribution in [1.29, 1.82) is 0 Å². The van der Waals surface area contributed by atoms with E-state index in [0.29, 0.717) is 0 Å². The van der Waals surface area contributed by atoms with Gasteiger partial charge in [0.2, 0.25) is 5.91 Å². The maximum atomic E-state index is 11.9. The van der Waals surface area contributed by atoms with Crippen molar-refractivity contribution in [3.8, 4) is 0 Å². The van der Waals surface area contributed by atoms with Gasteiger partial charge in [0.25, 0.3) is 0 Å². The summed E-state index contributed by atoms with van der Waals surface area (Å²) in [6.07, 6.45) is 6.22. The Balaban J connectivity index is 2.23. The van der Waals surface area contributed by atoms with Crippen LogP contribution in [-0.2, 0) is 4.79 Å². The van der Waals surface area contributed by atoms with E-state index in [4.69, 9.17) is 5.73 Å². The molecule has 1 aliphatic heterocycles. The molecule has 0 saturated carbocycles. The number of anilines is 1. The van der Waals surface area contributed by atoms with Gasteiger partial charge < -0.3 is 10.6 Å². The van der Waals surface area contributed by atoms with Crippen LogP contribution < -0.4 is 10.6 Å². The van der Waals surface area contributed by atoms with Crippen LogP contribution in [0, 0.1) is 0 Å². The van der Waals surface area contributed by atoms with E-state index in [9.17, 15) is 4.79 Å². The van der Waals surface area contributed by atoms with Crippen LogP contribution in [0.2, 0.25) is 0 Å². The topological polar surface area (TPSA) is 59.2 Å². The van der Waals surface area contributed by atoms with Gasteiger partial charge in [0.1, 0.15) is 0 Å². The monoisotopic (exact) mass is 205 g/mol. The first kappa shape index (κ1) is 10.1. The molecular formula is C11H15N3O. The molecule has 0 bridgehead atoms. The molecule has 0 aromatic carbocycles. The molecule has 2 rings (SSSR count). The van der Waals surface area contributed by atoms with Crippen LogP contribution in [-0.4, -0.2) is 23.5 Å². The van der Waals surface area contributed by atoms with Crippen molar-refractivity contribution in [3.63, 3.8) is 0 Å². The van der Waals surface area contributed by atoms with Crippen molar-refractivity contribution in [3.05, 3.63) is 24.5 Å². The van der Waals surface area contributed by atoms with Crippen LogP contribution in [0.1, 0.15) is 19.3 Å². The van der Waals surface area contributed by atoms with Gasteiger partial charge in [-0.25, -0.2) is 0 Å². The fourth-order valence-corrected chi connectivity index (χ4v) is 1.84. The molecule has 1 fully saturated rings. The van der Waals surface area contributed by atoms with Crippen molar-refractivity contribution in [2.24, 2.45) is 5.73 Å². The van der Waals surface area contributed by atoms with Crippen LogP contribution >= 0.6 is 0 Å². The lowest BCUT2D eigenvalue weighted by Gasteiger charge is -2.22. The summed E-state index contributed by atoms with van der Waals surface area (Å²) in [5.74, 6) is 0.0144. The van der Waals surface area contributed by atoms with E-state index in [1.807, 2.05) is 12.1 Å².